The summed E-state index contributed by atoms with van der Waals surface area (Å²) in [6, 6.07) is 15.2. The van der Waals surface area contributed by atoms with Crippen LogP contribution in [0.4, 0.5) is 4.79 Å². The summed E-state index contributed by atoms with van der Waals surface area (Å²) >= 11 is 0. The average molecular weight is 271 g/mol. The lowest BCUT2D eigenvalue weighted by atomic mass is 10.0. The number of hydrogen-bond donors (Lipinski definition) is 2. The number of amides is 1. The third kappa shape index (κ3) is 4.10. The number of carbonyl (C=O) groups is 1. The average Bonchev–Trinajstić information content (AvgIpc) is 2.45. The second-order valence-electron chi connectivity index (χ2n) is 4.54. The molecule has 0 aliphatic carbocycles. The van der Waals surface area contributed by atoms with Crippen molar-refractivity contribution in [1.29, 1.82) is 0 Å². The van der Waals surface area contributed by atoms with Crippen molar-refractivity contribution in [3.8, 4) is 5.75 Å². The molecule has 2 rings (SSSR count). The quantitative estimate of drug-likeness (QED) is 0.877. The van der Waals surface area contributed by atoms with Crippen LogP contribution in [0, 0.1) is 0 Å². The number of nitrogens with two attached hydrogens (primary N) is 1. The molecule has 3 N–H and O–H groups in total. The topological polar surface area (TPSA) is 72.6 Å². The van der Waals surface area contributed by atoms with Crippen molar-refractivity contribution >= 4 is 6.09 Å². The molecule has 0 unspecified atom stereocenters. The fourth-order valence-electron chi connectivity index (χ4n) is 1.98. The molecule has 0 saturated heterocycles. The molecule has 0 aliphatic rings. The zero-order chi connectivity index (χ0) is 14.4. The first-order chi connectivity index (χ1) is 9.67. The lowest BCUT2D eigenvalue weighted by molar-refractivity contribution is 0.211. The van der Waals surface area contributed by atoms with Gasteiger partial charge in [-0.25, -0.2) is 4.79 Å². The number of primary amides is 1. The van der Waals surface area contributed by atoms with Crippen molar-refractivity contribution in [3.63, 3.8) is 0 Å². The Balaban J connectivity index is 1.97. The molecule has 4 heteroatoms. The van der Waals surface area contributed by atoms with Crippen LogP contribution in [-0.4, -0.2) is 11.2 Å². The molecule has 104 valence electrons. The molecule has 2 aromatic rings. The molecule has 2 aromatic carbocycles. The predicted octanol–water partition coefficient (Wildman–Crippen LogP) is 2.42. The SMILES string of the molecule is NC(=O)Oc1cccc(CCc2ccc(CO)cc2)c1. The van der Waals surface area contributed by atoms with Crippen molar-refractivity contribution in [2.75, 3.05) is 0 Å². The van der Waals surface area contributed by atoms with Gasteiger partial charge in [-0.05, 0) is 41.7 Å². The number of aryl methyl sites for hydroxylation is 2. The van der Waals surface area contributed by atoms with E-state index in [1.165, 1.54) is 5.56 Å². The molecule has 0 bridgehead atoms. The Morgan fingerprint density at radius 2 is 1.65 bits per heavy atom. The molecule has 0 heterocycles. The second kappa shape index (κ2) is 6.73. The van der Waals surface area contributed by atoms with E-state index in [2.05, 4.69) is 0 Å². The van der Waals surface area contributed by atoms with E-state index in [-0.39, 0.29) is 6.61 Å². The lowest BCUT2D eigenvalue weighted by Gasteiger charge is -2.06. The minimum absolute atomic E-state index is 0.0623. The fraction of sp³-hybridized carbons (Fsp3) is 0.188. The third-order valence-electron chi connectivity index (χ3n) is 3.02. The van der Waals surface area contributed by atoms with Gasteiger partial charge in [0.05, 0.1) is 6.61 Å². The van der Waals surface area contributed by atoms with Gasteiger partial charge < -0.3 is 15.6 Å². The molecule has 0 aromatic heterocycles. The number of ether oxygens (including phenoxy) is 1. The highest BCUT2D eigenvalue weighted by atomic mass is 16.5. The van der Waals surface area contributed by atoms with Gasteiger partial charge in [-0.15, -0.1) is 0 Å². The minimum Gasteiger partial charge on any atom is -0.410 e. The van der Waals surface area contributed by atoms with Crippen LogP contribution in [0.1, 0.15) is 16.7 Å². The zero-order valence-corrected chi connectivity index (χ0v) is 11.1. The first-order valence-electron chi connectivity index (χ1n) is 6.42. The Labute approximate surface area is 117 Å². The molecule has 20 heavy (non-hydrogen) atoms. The Morgan fingerprint density at radius 1 is 1.00 bits per heavy atom. The van der Waals surface area contributed by atoms with Crippen LogP contribution < -0.4 is 10.5 Å². The maximum absolute atomic E-state index is 10.7. The van der Waals surface area contributed by atoms with Crippen LogP contribution >= 0.6 is 0 Å². The summed E-state index contributed by atoms with van der Waals surface area (Å²) in [4.78, 5) is 10.7. The van der Waals surface area contributed by atoms with Gasteiger partial charge in [-0.1, -0.05) is 36.4 Å². The summed E-state index contributed by atoms with van der Waals surface area (Å²) in [6.07, 6.45) is 0.918. The molecule has 0 fully saturated rings. The van der Waals surface area contributed by atoms with Gasteiger partial charge in [-0.3, -0.25) is 0 Å². The first-order valence-corrected chi connectivity index (χ1v) is 6.42. The molecular weight excluding hydrogens is 254 g/mol. The largest absolute Gasteiger partial charge is 0.410 e. The smallest absolute Gasteiger partial charge is 0.409 e. The highest BCUT2D eigenvalue weighted by molar-refractivity contribution is 5.68. The second-order valence-corrected chi connectivity index (χ2v) is 4.54. The Morgan fingerprint density at radius 3 is 2.30 bits per heavy atom. The standard InChI is InChI=1S/C16H17NO3/c17-16(19)20-15-3-1-2-13(10-15)7-4-12-5-8-14(11-18)9-6-12/h1-3,5-6,8-10,18H,4,7,11H2,(H2,17,19). The van der Waals surface area contributed by atoms with Crippen LogP contribution in [0.5, 0.6) is 5.75 Å². The third-order valence-corrected chi connectivity index (χ3v) is 3.02. The van der Waals surface area contributed by atoms with E-state index in [1.807, 2.05) is 42.5 Å². The van der Waals surface area contributed by atoms with E-state index < -0.39 is 6.09 Å². The summed E-state index contributed by atoms with van der Waals surface area (Å²) in [5.41, 5.74) is 8.17. The van der Waals surface area contributed by atoms with E-state index in [0.717, 1.165) is 24.0 Å². The van der Waals surface area contributed by atoms with E-state index in [9.17, 15) is 4.79 Å². The van der Waals surface area contributed by atoms with E-state index >= 15 is 0 Å². The van der Waals surface area contributed by atoms with E-state index in [0.29, 0.717) is 5.75 Å². The van der Waals surface area contributed by atoms with Crippen LogP contribution in [0.2, 0.25) is 0 Å². The molecular formula is C16H17NO3. The zero-order valence-electron chi connectivity index (χ0n) is 11.1. The summed E-state index contributed by atoms with van der Waals surface area (Å²) < 4.78 is 4.85. The predicted molar refractivity (Wildman–Crippen MR) is 76.4 cm³/mol. The van der Waals surface area contributed by atoms with Crippen LogP contribution in [0.3, 0.4) is 0 Å². The van der Waals surface area contributed by atoms with Crippen molar-refractivity contribution in [1.82, 2.24) is 0 Å². The van der Waals surface area contributed by atoms with Gasteiger partial charge >= 0.3 is 6.09 Å². The number of benzene rings is 2. The molecule has 0 atom stereocenters. The molecule has 1 amide bonds. The van der Waals surface area contributed by atoms with E-state index in [1.54, 1.807) is 6.07 Å². The Bertz CT molecular complexity index is 579. The molecule has 0 spiro atoms. The summed E-state index contributed by atoms with van der Waals surface area (Å²) in [5.74, 6) is 0.464. The van der Waals surface area contributed by atoms with Gasteiger partial charge in [0.25, 0.3) is 0 Å². The maximum Gasteiger partial charge on any atom is 0.409 e. The van der Waals surface area contributed by atoms with Crippen LogP contribution in [-0.2, 0) is 19.4 Å². The van der Waals surface area contributed by atoms with Crippen molar-refractivity contribution in [2.24, 2.45) is 5.73 Å². The summed E-state index contributed by atoms with van der Waals surface area (Å²) in [7, 11) is 0. The molecule has 0 aliphatic heterocycles. The number of carbonyl (C=O) groups excluding carboxylic acids is 1. The summed E-state index contributed by atoms with van der Waals surface area (Å²) in [5, 5.41) is 8.99. The lowest BCUT2D eigenvalue weighted by Crippen LogP contribution is -2.16. The monoisotopic (exact) mass is 271 g/mol. The van der Waals surface area contributed by atoms with Gasteiger partial charge in [0.1, 0.15) is 5.75 Å². The molecule has 4 nitrogen and oxygen atoms in total. The number of aliphatic hydroxyl groups is 1. The van der Waals surface area contributed by atoms with Crippen LogP contribution in [0.15, 0.2) is 48.5 Å². The maximum atomic E-state index is 10.7. The van der Waals surface area contributed by atoms with Crippen LogP contribution in [0.25, 0.3) is 0 Å². The van der Waals surface area contributed by atoms with Gasteiger partial charge in [0.2, 0.25) is 0 Å². The molecule has 0 saturated carbocycles. The van der Waals surface area contributed by atoms with E-state index in [4.69, 9.17) is 15.6 Å². The molecule has 0 radical (unpaired) electrons. The van der Waals surface area contributed by atoms with Crippen molar-refractivity contribution in [2.45, 2.75) is 19.4 Å². The normalized spacial score (nSPS) is 10.2. The van der Waals surface area contributed by atoms with Gasteiger partial charge in [-0.2, -0.15) is 0 Å². The highest BCUT2D eigenvalue weighted by Crippen LogP contribution is 2.15. The fourth-order valence-corrected chi connectivity index (χ4v) is 1.98. The van der Waals surface area contributed by atoms with Crippen molar-refractivity contribution in [3.05, 3.63) is 65.2 Å². The number of rotatable bonds is 5. The highest BCUT2D eigenvalue weighted by Gasteiger charge is 2.01. The Kier molecular flexibility index (Phi) is 4.74. The minimum atomic E-state index is -0.804. The number of aliphatic hydroxyl groups excluding tert-OH is 1. The van der Waals surface area contributed by atoms with Gasteiger partial charge in [0, 0.05) is 0 Å². The van der Waals surface area contributed by atoms with Crippen molar-refractivity contribution < 1.29 is 14.6 Å². The first kappa shape index (κ1) is 14.1. The Hall–Kier alpha value is -2.33. The summed E-state index contributed by atoms with van der Waals surface area (Å²) in [6.45, 7) is 0.0623. The van der Waals surface area contributed by atoms with Gasteiger partial charge in [0.15, 0.2) is 0 Å². The number of hydrogen-bond acceptors (Lipinski definition) is 3.